The zero-order valence-electron chi connectivity index (χ0n) is 23.2. The highest BCUT2D eigenvalue weighted by Crippen LogP contribution is 2.25. The molecule has 4 aromatic rings. The van der Waals surface area contributed by atoms with Crippen LogP contribution in [-0.2, 0) is 29.5 Å². The summed E-state index contributed by atoms with van der Waals surface area (Å²) in [7, 11) is 2.69. The fourth-order valence-electron chi connectivity index (χ4n) is 4.38. The van der Waals surface area contributed by atoms with E-state index in [4.69, 9.17) is 11.1 Å². The lowest BCUT2D eigenvalue weighted by Crippen LogP contribution is -2.26. The number of ether oxygens (including phenoxy) is 1. The molecule has 0 aliphatic carbocycles. The van der Waals surface area contributed by atoms with Gasteiger partial charge in [0.15, 0.2) is 18.2 Å². The molecule has 0 saturated heterocycles. The summed E-state index contributed by atoms with van der Waals surface area (Å²) in [5, 5.41) is 8.79. The van der Waals surface area contributed by atoms with E-state index in [1.807, 2.05) is 60.1 Å². The van der Waals surface area contributed by atoms with Gasteiger partial charge < -0.3 is 15.0 Å². The Kier molecular flexibility index (Phi) is 10.4. The smallest absolute Gasteiger partial charge is 0.462 e. The number of methoxy groups -OCH3 is 1. The maximum absolute atomic E-state index is 13.4. The second-order valence-electron chi connectivity index (χ2n) is 9.92. The number of amidine groups is 1. The van der Waals surface area contributed by atoms with Gasteiger partial charge in [-0.25, -0.2) is 9.36 Å². The predicted molar refractivity (Wildman–Crippen MR) is 151 cm³/mol. The normalized spacial score (nSPS) is 11.9. The number of carbonyl (C=O) groups excluding carboxylic acids is 2. The van der Waals surface area contributed by atoms with Gasteiger partial charge in [0.25, 0.3) is 0 Å². The number of nitrogen functional groups attached to an aromatic ring is 1. The highest BCUT2D eigenvalue weighted by Gasteiger charge is 2.40. The average Bonchev–Trinajstić information content (AvgIpc) is 3.30. The van der Waals surface area contributed by atoms with Crippen molar-refractivity contribution in [3.63, 3.8) is 0 Å². The van der Waals surface area contributed by atoms with Crippen LogP contribution in [0.1, 0.15) is 46.9 Å². The number of aromatic nitrogens is 2. The molecule has 2 aromatic heterocycles. The standard InChI is InChI=1S/C28H31N4O.C3H3F3O2/c1-20(10-11-21-12-14-31(2)15-13-21)16-27(33)26-18-23-7-3-4-9-25(23)32(26)19-22-6-5-8-24(17-22)28(29)30;1-8-2(7)3(4,5)6/h3-9,12-15,17-18,20H,10-11,16,19H2,1-2H3,(H3,29,30);1H3/q+1;/t20-;/m0./s1. The molecule has 216 valence electrons. The molecule has 41 heavy (non-hydrogen) atoms. The first kappa shape index (κ1) is 31.1. The molecule has 2 heterocycles. The molecule has 4 rings (SSSR count). The van der Waals surface area contributed by atoms with Crippen LogP contribution in [0.2, 0.25) is 0 Å². The molecule has 0 amide bonds. The van der Waals surface area contributed by atoms with Crippen molar-refractivity contribution in [2.45, 2.75) is 38.9 Å². The van der Waals surface area contributed by atoms with Crippen LogP contribution in [0.15, 0.2) is 79.1 Å². The second kappa shape index (κ2) is 13.7. The number of hydrogen-bond donors (Lipinski definition) is 2. The van der Waals surface area contributed by atoms with Crippen LogP contribution < -0.4 is 10.3 Å². The summed E-state index contributed by atoms with van der Waals surface area (Å²) in [4.78, 5) is 22.9. The van der Waals surface area contributed by atoms with Gasteiger partial charge >= 0.3 is 12.1 Å². The van der Waals surface area contributed by atoms with Crippen molar-refractivity contribution in [1.29, 1.82) is 5.41 Å². The lowest BCUT2D eigenvalue weighted by Gasteiger charge is -2.14. The number of aryl methyl sites for hydroxylation is 2. The topological polar surface area (TPSA) is 102 Å². The number of hydrogen-bond acceptors (Lipinski definition) is 4. The van der Waals surface area contributed by atoms with E-state index in [1.54, 1.807) is 0 Å². The van der Waals surface area contributed by atoms with Crippen LogP contribution in [0.5, 0.6) is 0 Å². The highest BCUT2D eigenvalue weighted by molar-refractivity contribution is 6.00. The number of benzene rings is 2. The maximum Gasteiger partial charge on any atom is 0.490 e. The number of nitrogens with zero attached hydrogens (tertiary/aromatic N) is 2. The molecule has 3 N–H and O–H groups in total. The largest absolute Gasteiger partial charge is 0.490 e. The van der Waals surface area contributed by atoms with Gasteiger partial charge in [0, 0.05) is 41.6 Å². The zero-order valence-corrected chi connectivity index (χ0v) is 23.2. The Balaban J connectivity index is 0.000000507. The molecule has 1 atom stereocenters. The van der Waals surface area contributed by atoms with Gasteiger partial charge in [0.2, 0.25) is 0 Å². The Hall–Kier alpha value is -4.47. The summed E-state index contributed by atoms with van der Waals surface area (Å²) in [6.07, 6.45) is 1.73. The molecule has 0 aliphatic rings. The van der Waals surface area contributed by atoms with Crippen molar-refractivity contribution in [3.8, 4) is 0 Å². The van der Waals surface area contributed by atoms with Crippen LogP contribution in [-0.4, -0.2) is 35.4 Å². The fraction of sp³-hybridized carbons (Fsp3) is 0.290. The summed E-state index contributed by atoms with van der Waals surface area (Å²) in [5.74, 6) is -1.66. The molecule has 2 aromatic carbocycles. The third-order valence-corrected chi connectivity index (χ3v) is 6.60. The predicted octanol–water partition coefficient (Wildman–Crippen LogP) is 5.36. The monoisotopic (exact) mass is 567 g/mol. The van der Waals surface area contributed by atoms with Gasteiger partial charge in [-0.15, -0.1) is 0 Å². The number of nitrogens with one attached hydrogen (secondary N) is 1. The number of pyridine rings is 1. The number of ketones is 1. The lowest BCUT2D eigenvalue weighted by molar-refractivity contribution is -0.671. The summed E-state index contributed by atoms with van der Waals surface area (Å²) < 4.78 is 40.4. The van der Waals surface area contributed by atoms with Crippen molar-refractivity contribution in [2.24, 2.45) is 18.7 Å². The van der Waals surface area contributed by atoms with Gasteiger partial charge in [0.05, 0.1) is 12.8 Å². The van der Waals surface area contributed by atoms with Gasteiger partial charge in [-0.05, 0) is 48.1 Å². The third kappa shape index (κ3) is 8.76. The van der Waals surface area contributed by atoms with Gasteiger partial charge in [0.1, 0.15) is 12.9 Å². The van der Waals surface area contributed by atoms with Gasteiger partial charge in [-0.1, -0.05) is 43.3 Å². The minimum Gasteiger partial charge on any atom is -0.462 e. The van der Waals surface area contributed by atoms with Crippen molar-refractivity contribution in [2.75, 3.05) is 7.11 Å². The highest BCUT2D eigenvalue weighted by atomic mass is 19.4. The quantitative estimate of drug-likeness (QED) is 0.0935. The molecule has 0 spiro atoms. The van der Waals surface area contributed by atoms with Crippen molar-refractivity contribution in [1.82, 2.24) is 4.57 Å². The SMILES string of the molecule is COC(=O)C(F)(F)F.C[C@@H](CCc1cc[n+](C)cc1)CC(=O)c1cc2ccccc2n1Cc1cccc(C(=N)N)c1. The number of carbonyl (C=O) groups is 2. The second-order valence-corrected chi connectivity index (χ2v) is 9.92. The third-order valence-electron chi connectivity index (χ3n) is 6.60. The molecule has 0 unspecified atom stereocenters. The lowest BCUT2D eigenvalue weighted by atomic mass is 9.95. The molecule has 0 saturated carbocycles. The molecular formula is C31H34F3N4O3+. The summed E-state index contributed by atoms with van der Waals surface area (Å²) >= 11 is 0. The molecule has 7 nitrogen and oxygen atoms in total. The van der Waals surface area contributed by atoms with Crippen LogP contribution in [0.25, 0.3) is 10.9 Å². The number of nitrogens with two attached hydrogens (primary N) is 1. The Morgan fingerprint density at radius 2 is 1.71 bits per heavy atom. The molecule has 0 fully saturated rings. The Labute approximate surface area is 236 Å². The average molecular weight is 568 g/mol. The Morgan fingerprint density at radius 3 is 2.32 bits per heavy atom. The van der Waals surface area contributed by atoms with Gasteiger partial charge in [-0.2, -0.15) is 13.2 Å². The first-order chi connectivity index (χ1) is 19.4. The van der Waals surface area contributed by atoms with E-state index in [9.17, 15) is 22.8 Å². The number of fused-ring (bicyclic) bond motifs is 1. The Bertz CT molecular complexity index is 1510. The van der Waals surface area contributed by atoms with Crippen LogP contribution in [0.3, 0.4) is 0 Å². The number of alkyl halides is 3. The first-order valence-corrected chi connectivity index (χ1v) is 13.0. The fourth-order valence-corrected chi connectivity index (χ4v) is 4.38. The first-order valence-electron chi connectivity index (χ1n) is 13.0. The molecule has 10 heteroatoms. The maximum atomic E-state index is 13.4. The number of Topliss-reactive ketones (excluding diaryl/α,β-unsaturated/α-hetero) is 1. The summed E-state index contributed by atoms with van der Waals surface area (Å²) in [6, 6.07) is 22.1. The minimum absolute atomic E-state index is 0.0477. The molecule has 0 aliphatic heterocycles. The molecule has 0 radical (unpaired) electrons. The molecule has 0 bridgehead atoms. The summed E-state index contributed by atoms with van der Waals surface area (Å²) in [5.41, 5.74) is 10.5. The van der Waals surface area contributed by atoms with E-state index in [-0.39, 0.29) is 11.6 Å². The number of rotatable bonds is 9. The number of para-hydroxylation sites is 1. The van der Waals surface area contributed by atoms with E-state index < -0.39 is 12.1 Å². The van der Waals surface area contributed by atoms with E-state index in [1.165, 1.54) is 5.56 Å². The van der Waals surface area contributed by atoms with Crippen molar-refractivity contribution < 1.29 is 32.1 Å². The zero-order chi connectivity index (χ0) is 30.2. The van der Waals surface area contributed by atoms with E-state index in [0.717, 1.165) is 35.0 Å². The van der Waals surface area contributed by atoms with Crippen LogP contribution in [0.4, 0.5) is 13.2 Å². The number of esters is 1. The van der Waals surface area contributed by atoms with Crippen LogP contribution >= 0.6 is 0 Å². The van der Waals surface area contributed by atoms with E-state index in [0.29, 0.717) is 31.6 Å². The summed E-state index contributed by atoms with van der Waals surface area (Å²) in [6.45, 7) is 2.72. The van der Waals surface area contributed by atoms with Crippen molar-refractivity contribution >= 4 is 28.5 Å². The van der Waals surface area contributed by atoms with Crippen LogP contribution in [0, 0.1) is 11.3 Å². The Morgan fingerprint density at radius 1 is 1.02 bits per heavy atom. The van der Waals surface area contributed by atoms with Gasteiger partial charge in [-0.3, -0.25) is 10.2 Å². The molecular weight excluding hydrogens is 533 g/mol. The number of halogens is 3. The van der Waals surface area contributed by atoms with E-state index in [2.05, 4.69) is 46.8 Å². The van der Waals surface area contributed by atoms with E-state index >= 15 is 0 Å². The minimum atomic E-state index is -4.85. The van der Waals surface area contributed by atoms with Crippen molar-refractivity contribution in [3.05, 3.63) is 102 Å².